The van der Waals surface area contributed by atoms with Gasteiger partial charge in [0.15, 0.2) is 5.82 Å². The minimum Gasteiger partial charge on any atom is -0.294 e. The Labute approximate surface area is 151 Å². The summed E-state index contributed by atoms with van der Waals surface area (Å²) in [6.45, 7) is 4.23. The molecule has 3 heterocycles. The van der Waals surface area contributed by atoms with Crippen molar-refractivity contribution in [2.45, 2.75) is 26.4 Å². The zero-order chi connectivity index (χ0) is 18.1. The Balaban J connectivity index is 1.56. The van der Waals surface area contributed by atoms with Crippen LogP contribution in [-0.2, 0) is 19.5 Å². The van der Waals surface area contributed by atoms with E-state index in [9.17, 15) is 4.79 Å². The smallest absolute Gasteiger partial charge is 0.277 e. The van der Waals surface area contributed by atoms with Gasteiger partial charge in [-0.2, -0.15) is 5.26 Å². The van der Waals surface area contributed by atoms with Crippen molar-refractivity contribution in [1.82, 2.24) is 19.7 Å². The standard InChI is InChI=1S/C20H19N5O/c1-14-2-7-19(22-11-14)25-20(26)17-13-24(9-8-18(17)23-25)12-16-5-3-15(10-21)4-6-16/h2-7,11,23H,8-9,12-13H2,1H3. The van der Waals surface area contributed by atoms with Crippen molar-refractivity contribution >= 4 is 0 Å². The zero-order valence-corrected chi connectivity index (χ0v) is 14.6. The number of aromatic amines is 1. The molecule has 0 bridgehead atoms. The van der Waals surface area contributed by atoms with Gasteiger partial charge in [-0.05, 0) is 36.2 Å². The van der Waals surface area contributed by atoms with Gasteiger partial charge in [0.05, 0.1) is 17.2 Å². The van der Waals surface area contributed by atoms with E-state index in [-0.39, 0.29) is 5.56 Å². The minimum absolute atomic E-state index is 0.0270. The maximum Gasteiger partial charge on any atom is 0.277 e. The van der Waals surface area contributed by atoms with E-state index in [1.165, 1.54) is 4.68 Å². The van der Waals surface area contributed by atoms with Crippen molar-refractivity contribution in [3.8, 4) is 11.9 Å². The molecule has 0 aliphatic carbocycles. The molecule has 0 unspecified atom stereocenters. The molecule has 1 aliphatic heterocycles. The first-order chi connectivity index (χ1) is 12.6. The molecule has 4 rings (SSSR count). The van der Waals surface area contributed by atoms with Crippen molar-refractivity contribution in [3.05, 3.63) is 80.9 Å². The van der Waals surface area contributed by atoms with Crippen molar-refractivity contribution in [2.75, 3.05) is 6.54 Å². The van der Waals surface area contributed by atoms with Crippen LogP contribution in [-0.4, -0.2) is 26.2 Å². The molecule has 0 atom stereocenters. The number of hydrogen-bond acceptors (Lipinski definition) is 4. The fourth-order valence-electron chi connectivity index (χ4n) is 3.29. The van der Waals surface area contributed by atoms with Crippen LogP contribution >= 0.6 is 0 Å². The molecule has 0 saturated carbocycles. The van der Waals surface area contributed by atoms with Crippen LogP contribution in [0, 0.1) is 18.3 Å². The van der Waals surface area contributed by atoms with E-state index in [4.69, 9.17) is 5.26 Å². The average molecular weight is 345 g/mol. The van der Waals surface area contributed by atoms with E-state index in [0.29, 0.717) is 17.9 Å². The highest BCUT2D eigenvalue weighted by molar-refractivity contribution is 5.32. The molecule has 0 spiro atoms. The van der Waals surface area contributed by atoms with E-state index in [1.807, 2.05) is 43.3 Å². The molecular weight excluding hydrogens is 326 g/mol. The number of rotatable bonds is 3. The molecule has 6 heteroatoms. The second-order valence-corrected chi connectivity index (χ2v) is 6.67. The lowest BCUT2D eigenvalue weighted by atomic mass is 10.1. The van der Waals surface area contributed by atoms with Crippen molar-refractivity contribution in [2.24, 2.45) is 0 Å². The predicted octanol–water partition coefficient (Wildman–Crippen LogP) is 2.30. The molecule has 1 N–H and O–H groups in total. The van der Waals surface area contributed by atoms with Crippen molar-refractivity contribution in [3.63, 3.8) is 0 Å². The van der Waals surface area contributed by atoms with Gasteiger partial charge in [-0.25, -0.2) is 9.67 Å². The highest BCUT2D eigenvalue weighted by atomic mass is 16.1. The molecule has 3 aromatic rings. The number of H-pyrrole nitrogens is 1. The summed E-state index contributed by atoms with van der Waals surface area (Å²) in [5, 5.41) is 12.1. The summed E-state index contributed by atoms with van der Waals surface area (Å²) < 4.78 is 1.54. The summed E-state index contributed by atoms with van der Waals surface area (Å²) in [7, 11) is 0. The molecule has 0 amide bonds. The SMILES string of the molecule is Cc1ccc(-n2[nH]c3c(c2=O)CN(Cc2ccc(C#N)cc2)CC3)nc1. The summed E-state index contributed by atoms with van der Waals surface area (Å²) in [5.41, 5.74) is 4.64. The molecule has 0 fully saturated rings. The third-order valence-electron chi connectivity index (χ3n) is 4.75. The Morgan fingerprint density at radius 2 is 2.04 bits per heavy atom. The highest BCUT2D eigenvalue weighted by Gasteiger charge is 2.23. The van der Waals surface area contributed by atoms with Crippen LogP contribution in [0.25, 0.3) is 5.82 Å². The number of nitrogens with zero attached hydrogens (tertiary/aromatic N) is 4. The van der Waals surface area contributed by atoms with Gasteiger partial charge in [0.1, 0.15) is 0 Å². The predicted molar refractivity (Wildman–Crippen MR) is 97.9 cm³/mol. The van der Waals surface area contributed by atoms with Crippen LogP contribution in [0.4, 0.5) is 0 Å². The van der Waals surface area contributed by atoms with Gasteiger partial charge < -0.3 is 0 Å². The third-order valence-corrected chi connectivity index (χ3v) is 4.75. The quantitative estimate of drug-likeness (QED) is 0.790. The number of nitrogens with one attached hydrogen (secondary N) is 1. The average Bonchev–Trinajstić information content (AvgIpc) is 2.99. The number of aryl methyl sites for hydroxylation is 1. The van der Waals surface area contributed by atoms with Crippen LogP contribution in [0.15, 0.2) is 47.4 Å². The van der Waals surface area contributed by atoms with Crippen molar-refractivity contribution < 1.29 is 0 Å². The van der Waals surface area contributed by atoms with Crippen LogP contribution < -0.4 is 5.56 Å². The molecule has 1 aliphatic rings. The first-order valence-electron chi connectivity index (χ1n) is 8.61. The zero-order valence-electron chi connectivity index (χ0n) is 14.6. The lowest BCUT2D eigenvalue weighted by molar-refractivity contribution is 0.244. The van der Waals surface area contributed by atoms with E-state index >= 15 is 0 Å². The Morgan fingerprint density at radius 1 is 1.23 bits per heavy atom. The first-order valence-corrected chi connectivity index (χ1v) is 8.61. The lowest BCUT2D eigenvalue weighted by Crippen LogP contribution is -2.32. The monoisotopic (exact) mass is 345 g/mol. The van der Waals surface area contributed by atoms with Crippen molar-refractivity contribution in [1.29, 1.82) is 5.26 Å². The second-order valence-electron chi connectivity index (χ2n) is 6.67. The number of benzene rings is 1. The summed E-state index contributed by atoms with van der Waals surface area (Å²) >= 11 is 0. The lowest BCUT2D eigenvalue weighted by Gasteiger charge is -2.25. The van der Waals surface area contributed by atoms with E-state index in [1.54, 1.807) is 6.20 Å². The Morgan fingerprint density at radius 3 is 2.73 bits per heavy atom. The summed E-state index contributed by atoms with van der Waals surface area (Å²) in [5.74, 6) is 0.619. The van der Waals surface area contributed by atoms with E-state index < -0.39 is 0 Å². The number of pyridine rings is 1. The number of aromatic nitrogens is 3. The fraction of sp³-hybridized carbons (Fsp3) is 0.250. The van der Waals surface area contributed by atoms with Gasteiger partial charge in [0.2, 0.25) is 0 Å². The molecule has 26 heavy (non-hydrogen) atoms. The summed E-state index contributed by atoms with van der Waals surface area (Å²) in [4.78, 5) is 19.4. The molecular formula is C20H19N5O. The topological polar surface area (TPSA) is 77.7 Å². The second kappa shape index (κ2) is 6.62. The van der Waals surface area contributed by atoms with Gasteiger partial charge in [-0.1, -0.05) is 18.2 Å². The first kappa shape index (κ1) is 16.3. The molecule has 1 aromatic carbocycles. The molecule has 130 valence electrons. The minimum atomic E-state index is -0.0270. The summed E-state index contributed by atoms with van der Waals surface area (Å²) in [6, 6.07) is 13.5. The van der Waals surface area contributed by atoms with Crippen LogP contribution in [0.3, 0.4) is 0 Å². The van der Waals surface area contributed by atoms with Crippen LogP contribution in [0.5, 0.6) is 0 Å². The normalized spacial score (nSPS) is 14.0. The van der Waals surface area contributed by atoms with Crippen LogP contribution in [0.2, 0.25) is 0 Å². The maximum absolute atomic E-state index is 12.8. The largest absolute Gasteiger partial charge is 0.294 e. The Bertz CT molecular complexity index is 1020. The van der Waals surface area contributed by atoms with Gasteiger partial charge in [-0.3, -0.25) is 14.8 Å². The van der Waals surface area contributed by atoms with Gasteiger partial charge in [0.25, 0.3) is 5.56 Å². The van der Waals surface area contributed by atoms with E-state index in [0.717, 1.165) is 41.9 Å². The highest BCUT2D eigenvalue weighted by Crippen LogP contribution is 2.18. The van der Waals surface area contributed by atoms with E-state index in [2.05, 4.69) is 21.1 Å². The number of fused-ring (bicyclic) bond motifs is 1. The molecule has 6 nitrogen and oxygen atoms in total. The molecule has 2 aromatic heterocycles. The number of nitriles is 1. The molecule has 0 radical (unpaired) electrons. The fourth-order valence-corrected chi connectivity index (χ4v) is 3.29. The van der Waals surface area contributed by atoms with Gasteiger partial charge in [0, 0.05) is 37.9 Å². The maximum atomic E-state index is 12.8. The van der Waals surface area contributed by atoms with Gasteiger partial charge >= 0.3 is 0 Å². The van der Waals surface area contributed by atoms with Gasteiger partial charge in [-0.15, -0.1) is 0 Å². The Hall–Kier alpha value is -3.17. The third kappa shape index (κ3) is 3.05. The Kier molecular flexibility index (Phi) is 4.15. The molecule has 0 saturated heterocycles. The van der Waals surface area contributed by atoms with Crippen LogP contribution in [0.1, 0.15) is 27.9 Å². The number of hydrogen-bond donors (Lipinski definition) is 1. The summed E-state index contributed by atoms with van der Waals surface area (Å²) in [6.07, 6.45) is 2.57.